The Bertz CT molecular complexity index is 985. The van der Waals surface area contributed by atoms with Gasteiger partial charge in [0.15, 0.2) is 0 Å². The molecule has 3 aliphatic heterocycles. The summed E-state index contributed by atoms with van der Waals surface area (Å²) in [6.45, 7) is 8.71. The summed E-state index contributed by atoms with van der Waals surface area (Å²) in [5.74, 6) is 0.449. The molecule has 0 spiro atoms. The van der Waals surface area contributed by atoms with Gasteiger partial charge in [-0.05, 0) is 67.5 Å². The summed E-state index contributed by atoms with van der Waals surface area (Å²) in [7, 11) is 0. The van der Waals surface area contributed by atoms with Crippen LogP contribution in [0, 0.1) is 0 Å². The van der Waals surface area contributed by atoms with Gasteiger partial charge in [-0.1, -0.05) is 36.8 Å². The van der Waals surface area contributed by atoms with Crippen molar-refractivity contribution in [3.63, 3.8) is 0 Å². The fourth-order valence-electron chi connectivity index (χ4n) is 6.30. The number of benzene rings is 2. The van der Waals surface area contributed by atoms with Crippen LogP contribution < -0.4 is 0 Å². The molecule has 0 aliphatic carbocycles. The first kappa shape index (κ1) is 23.1. The predicted octanol–water partition coefficient (Wildman–Crippen LogP) is 4.83. The molecule has 3 aliphatic rings. The van der Waals surface area contributed by atoms with Crippen molar-refractivity contribution in [3.05, 3.63) is 77.9 Å². The Hall–Kier alpha value is -2.63. The van der Waals surface area contributed by atoms with Crippen LogP contribution in [-0.2, 0) is 0 Å². The van der Waals surface area contributed by atoms with Gasteiger partial charge in [0, 0.05) is 50.4 Å². The van der Waals surface area contributed by atoms with Crippen molar-refractivity contribution in [2.75, 3.05) is 32.7 Å². The van der Waals surface area contributed by atoms with Crippen LogP contribution in [0.4, 0.5) is 0 Å². The normalized spacial score (nSPS) is 24.5. The molecular formula is C29H37N3O2. The maximum atomic E-state index is 13.0. The highest BCUT2D eigenvalue weighted by Crippen LogP contribution is 2.40. The van der Waals surface area contributed by atoms with Crippen LogP contribution in [0.1, 0.15) is 66.1 Å². The molecule has 1 N–H and O–H groups in total. The molecule has 3 unspecified atom stereocenters. The number of phenols is 1. The SMILES string of the molecule is C=CCN1CC2CCCC(C1)N2C(c1ccc(C(=O)N2CCCCC2)cc1)c1cccc(O)c1. The third-order valence-corrected chi connectivity index (χ3v) is 7.84. The van der Waals surface area contributed by atoms with Crippen LogP contribution >= 0.6 is 0 Å². The number of piperidine rings is 2. The number of fused-ring (bicyclic) bond motifs is 2. The molecule has 0 aromatic heterocycles. The number of rotatable bonds is 6. The third kappa shape index (κ3) is 4.77. The number of aromatic hydroxyl groups is 1. The number of piperazine rings is 1. The Morgan fingerprint density at radius 2 is 1.68 bits per heavy atom. The van der Waals surface area contributed by atoms with Gasteiger partial charge in [-0.25, -0.2) is 0 Å². The Kier molecular flexibility index (Phi) is 7.02. The van der Waals surface area contributed by atoms with E-state index in [9.17, 15) is 9.90 Å². The van der Waals surface area contributed by atoms with Crippen molar-refractivity contribution in [1.82, 2.24) is 14.7 Å². The van der Waals surface area contributed by atoms with Crippen molar-refractivity contribution in [1.29, 1.82) is 0 Å². The number of phenolic OH excluding ortho intramolecular Hbond substituents is 1. The summed E-state index contributed by atoms with van der Waals surface area (Å²) in [6.07, 6.45) is 9.07. The van der Waals surface area contributed by atoms with E-state index in [0.29, 0.717) is 17.8 Å². The summed E-state index contributed by atoms with van der Waals surface area (Å²) in [6, 6.07) is 17.0. The van der Waals surface area contributed by atoms with Gasteiger partial charge in [0.1, 0.15) is 5.75 Å². The smallest absolute Gasteiger partial charge is 0.253 e. The van der Waals surface area contributed by atoms with Crippen molar-refractivity contribution < 1.29 is 9.90 Å². The van der Waals surface area contributed by atoms with Crippen LogP contribution in [0.25, 0.3) is 0 Å². The molecule has 2 bridgehead atoms. The fourth-order valence-corrected chi connectivity index (χ4v) is 6.30. The molecule has 3 fully saturated rings. The van der Waals surface area contributed by atoms with E-state index in [1.54, 1.807) is 6.07 Å². The monoisotopic (exact) mass is 459 g/mol. The van der Waals surface area contributed by atoms with Crippen molar-refractivity contribution >= 4 is 5.91 Å². The van der Waals surface area contributed by atoms with Crippen molar-refractivity contribution in [3.8, 4) is 5.75 Å². The van der Waals surface area contributed by atoms with E-state index in [0.717, 1.165) is 56.7 Å². The maximum absolute atomic E-state index is 13.0. The van der Waals surface area contributed by atoms with Gasteiger partial charge in [0.2, 0.25) is 0 Å². The average Bonchev–Trinajstić information content (AvgIpc) is 2.85. The second-order valence-corrected chi connectivity index (χ2v) is 10.2. The van der Waals surface area contributed by atoms with Gasteiger partial charge in [-0.15, -0.1) is 6.58 Å². The molecule has 3 heterocycles. The molecule has 5 nitrogen and oxygen atoms in total. The molecular weight excluding hydrogens is 422 g/mol. The Balaban J connectivity index is 1.46. The highest BCUT2D eigenvalue weighted by molar-refractivity contribution is 5.94. The van der Waals surface area contributed by atoms with E-state index in [2.05, 4.69) is 34.6 Å². The Labute approximate surface area is 203 Å². The average molecular weight is 460 g/mol. The van der Waals surface area contributed by atoms with Crippen LogP contribution in [0.2, 0.25) is 0 Å². The van der Waals surface area contributed by atoms with Gasteiger partial charge in [-0.2, -0.15) is 0 Å². The first-order chi connectivity index (χ1) is 16.6. The molecule has 0 saturated carbocycles. The van der Waals surface area contributed by atoms with Gasteiger partial charge in [0.25, 0.3) is 5.91 Å². The second kappa shape index (κ2) is 10.3. The highest BCUT2D eigenvalue weighted by atomic mass is 16.3. The number of hydrogen-bond donors (Lipinski definition) is 1. The zero-order valence-corrected chi connectivity index (χ0v) is 20.1. The van der Waals surface area contributed by atoms with Gasteiger partial charge in [-0.3, -0.25) is 14.6 Å². The standard InChI is InChI=1S/C29H37N3O2/c1-2-16-30-20-25-9-7-10-26(21-30)32(25)28(24-8-6-11-27(33)19-24)22-12-14-23(15-13-22)29(34)31-17-4-3-5-18-31/h2,6,8,11-15,19,25-26,28,33H,1,3-5,7,9-10,16-18,20-21H2. The van der Waals surface area contributed by atoms with Crippen LogP contribution in [0.3, 0.4) is 0 Å². The second-order valence-electron chi connectivity index (χ2n) is 10.2. The molecule has 5 rings (SSSR count). The van der Waals surface area contributed by atoms with Crippen molar-refractivity contribution in [2.24, 2.45) is 0 Å². The predicted molar refractivity (Wildman–Crippen MR) is 136 cm³/mol. The molecule has 2 aromatic carbocycles. The molecule has 3 saturated heterocycles. The highest BCUT2D eigenvalue weighted by Gasteiger charge is 2.41. The van der Waals surface area contributed by atoms with Crippen LogP contribution in [0.15, 0.2) is 61.2 Å². The Morgan fingerprint density at radius 1 is 0.971 bits per heavy atom. The van der Waals surface area contributed by atoms with E-state index in [4.69, 9.17) is 0 Å². The zero-order chi connectivity index (χ0) is 23.5. The topological polar surface area (TPSA) is 47.0 Å². The van der Waals surface area contributed by atoms with E-state index in [1.807, 2.05) is 35.2 Å². The summed E-state index contributed by atoms with van der Waals surface area (Å²) in [5, 5.41) is 10.3. The van der Waals surface area contributed by atoms with E-state index >= 15 is 0 Å². The number of carbonyl (C=O) groups is 1. The van der Waals surface area contributed by atoms with Crippen LogP contribution in [0.5, 0.6) is 5.75 Å². The summed E-state index contributed by atoms with van der Waals surface area (Å²) in [5.41, 5.74) is 3.08. The molecule has 34 heavy (non-hydrogen) atoms. The summed E-state index contributed by atoms with van der Waals surface area (Å²) >= 11 is 0. The number of amides is 1. The first-order valence-corrected chi connectivity index (χ1v) is 12.9. The van der Waals surface area contributed by atoms with Gasteiger partial charge < -0.3 is 10.0 Å². The van der Waals surface area contributed by atoms with Gasteiger partial charge >= 0.3 is 0 Å². The lowest BCUT2D eigenvalue weighted by atomic mass is 9.85. The minimum absolute atomic E-state index is 0.0624. The number of hydrogen-bond acceptors (Lipinski definition) is 4. The molecule has 180 valence electrons. The quantitative estimate of drug-likeness (QED) is 0.629. The molecule has 3 atom stereocenters. The summed E-state index contributed by atoms with van der Waals surface area (Å²) in [4.78, 5) is 20.2. The van der Waals surface area contributed by atoms with E-state index < -0.39 is 0 Å². The number of nitrogens with zero attached hydrogens (tertiary/aromatic N) is 3. The zero-order valence-electron chi connectivity index (χ0n) is 20.1. The maximum Gasteiger partial charge on any atom is 0.253 e. The lowest BCUT2D eigenvalue weighted by Crippen LogP contribution is -2.61. The minimum Gasteiger partial charge on any atom is -0.508 e. The molecule has 2 aromatic rings. The van der Waals surface area contributed by atoms with Crippen LogP contribution in [-0.4, -0.2) is 70.5 Å². The lowest BCUT2D eigenvalue weighted by molar-refractivity contribution is -0.0250. The van der Waals surface area contributed by atoms with E-state index in [-0.39, 0.29) is 11.9 Å². The lowest BCUT2D eigenvalue weighted by Gasteiger charge is -2.53. The molecule has 1 amide bonds. The number of likely N-dealkylation sites (tertiary alicyclic amines) is 2. The third-order valence-electron chi connectivity index (χ3n) is 7.84. The largest absolute Gasteiger partial charge is 0.508 e. The van der Waals surface area contributed by atoms with E-state index in [1.165, 1.54) is 31.2 Å². The molecule has 5 heteroatoms. The summed E-state index contributed by atoms with van der Waals surface area (Å²) < 4.78 is 0. The molecule has 0 radical (unpaired) electrons. The number of carbonyl (C=O) groups excluding carboxylic acids is 1. The fraction of sp³-hybridized carbons (Fsp3) is 0.483. The first-order valence-electron chi connectivity index (χ1n) is 12.9. The minimum atomic E-state index is 0.0624. The Morgan fingerprint density at radius 3 is 2.32 bits per heavy atom. The van der Waals surface area contributed by atoms with Gasteiger partial charge in [0.05, 0.1) is 6.04 Å². The van der Waals surface area contributed by atoms with Crippen molar-refractivity contribution in [2.45, 2.75) is 56.7 Å².